The Morgan fingerprint density at radius 3 is 1.58 bits per heavy atom. The van der Waals surface area contributed by atoms with E-state index in [2.05, 4.69) is 216 Å². The molecule has 11 aromatic rings. The standard InChI is InChI=1S/C54H36N2O/c1-2-14-39(15-3-1)43-16-4-9-21-49(43)55(42-34-35-54-48(36-42)47-20-8-13-25-53(47)57-54)41-32-30-38(31-33-41)37-26-28-40(29-27-37)44-17-5-10-22-50(44)56-51-23-11-6-18-45(51)46-19-7-12-24-52(46)56/h1-36H. The zero-order valence-electron chi connectivity index (χ0n) is 31.1. The van der Waals surface area contributed by atoms with Gasteiger partial charge in [0, 0.05) is 44.0 Å². The van der Waals surface area contributed by atoms with Crippen molar-refractivity contribution in [1.29, 1.82) is 0 Å². The second-order valence-electron chi connectivity index (χ2n) is 14.5. The van der Waals surface area contributed by atoms with Crippen molar-refractivity contribution >= 4 is 60.8 Å². The molecule has 0 radical (unpaired) electrons. The Labute approximate surface area is 330 Å². The summed E-state index contributed by atoms with van der Waals surface area (Å²) in [4.78, 5) is 2.36. The Morgan fingerprint density at radius 2 is 0.842 bits per heavy atom. The van der Waals surface area contributed by atoms with Crippen LogP contribution in [0.5, 0.6) is 0 Å². The fourth-order valence-electron chi connectivity index (χ4n) is 8.55. The highest BCUT2D eigenvalue weighted by molar-refractivity contribution is 6.10. The van der Waals surface area contributed by atoms with Gasteiger partial charge in [0.25, 0.3) is 0 Å². The summed E-state index contributed by atoms with van der Waals surface area (Å²) in [5.41, 5.74) is 15.7. The molecule has 0 saturated heterocycles. The van der Waals surface area contributed by atoms with Gasteiger partial charge in [-0.1, -0.05) is 158 Å². The number of hydrogen-bond donors (Lipinski definition) is 0. The van der Waals surface area contributed by atoms with E-state index in [1.54, 1.807) is 0 Å². The Balaban J connectivity index is 0.981. The SMILES string of the molecule is c1ccc(-c2ccccc2N(c2ccc(-c3ccc(-c4ccccc4-n4c5ccccc5c5ccccc54)cc3)cc2)c2ccc3oc4ccccc4c3c2)cc1. The maximum Gasteiger partial charge on any atom is 0.135 e. The summed E-state index contributed by atoms with van der Waals surface area (Å²) in [6.45, 7) is 0. The number of para-hydroxylation sites is 5. The van der Waals surface area contributed by atoms with Crippen LogP contribution in [0.4, 0.5) is 17.1 Å². The molecular formula is C54H36N2O. The Hall–Kier alpha value is -7.62. The maximum absolute atomic E-state index is 6.23. The minimum atomic E-state index is 0.882. The van der Waals surface area contributed by atoms with Crippen LogP contribution in [-0.2, 0) is 0 Å². The molecule has 3 nitrogen and oxygen atoms in total. The molecular weight excluding hydrogens is 693 g/mol. The minimum absolute atomic E-state index is 0.882. The van der Waals surface area contributed by atoms with E-state index in [9.17, 15) is 0 Å². The number of furan rings is 1. The normalized spacial score (nSPS) is 11.5. The van der Waals surface area contributed by atoms with E-state index in [1.807, 2.05) is 12.1 Å². The first-order chi connectivity index (χ1) is 28.3. The fraction of sp³-hybridized carbons (Fsp3) is 0. The third kappa shape index (κ3) is 5.60. The number of fused-ring (bicyclic) bond motifs is 6. The number of nitrogens with zero attached hydrogens (tertiary/aromatic N) is 2. The van der Waals surface area contributed by atoms with Crippen LogP contribution in [0.1, 0.15) is 0 Å². The van der Waals surface area contributed by atoms with Gasteiger partial charge in [-0.25, -0.2) is 0 Å². The summed E-state index contributed by atoms with van der Waals surface area (Å²) in [7, 11) is 0. The second-order valence-corrected chi connectivity index (χ2v) is 14.5. The molecule has 0 atom stereocenters. The lowest BCUT2D eigenvalue weighted by Gasteiger charge is -2.28. The molecule has 0 saturated carbocycles. The van der Waals surface area contributed by atoms with Crippen LogP contribution in [0, 0.1) is 0 Å². The Bertz CT molecular complexity index is 3170. The second kappa shape index (κ2) is 13.6. The van der Waals surface area contributed by atoms with Crippen LogP contribution in [0.3, 0.4) is 0 Å². The highest BCUT2D eigenvalue weighted by Gasteiger charge is 2.20. The molecule has 0 aliphatic heterocycles. The van der Waals surface area contributed by atoms with E-state index in [0.717, 1.165) is 50.1 Å². The molecule has 11 rings (SSSR count). The summed E-state index contributed by atoms with van der Waals surface area (Å²) >= 11 is 0. The fourth-order valence-corrected chi connectivity index (χ4v) is 8.55. The van der Waals surface area contributed by atoms with Crippen LogP contribution in [-0.4, -0.2) is 4.57 Å². The largest absolute Gasteiger partial charge is 0.456 e. The quantitative estimate of drug-likeness (QED) is 0.163. The van der Waals surface area contributed by atoms with Gasteiger partial charge in [0.2, 0.25) is 0 Å². The van der Waals surface area contributed by atoms with Gasteiger partial charge in [-0.2, -0.15) is 0 Å². The smallest absolute Gasteiger partial charge is 0.135 e. The first-order valence-corrected chi connectivity index (χ1v) is 19.4. The number of benzene rings is 9. The first-order valence-electron chi connectivity index (χ1n) is 19.4. The predicted molar refractivity (Wildman–Crippen MR) is 239 cm³/mol. The first kappa shape index (κ1) is 32.8. The van der Waals surface area contributed by atoms with Crippen LogP contribution in [0.15, 0.2) is 223 Å². The van der Waals surface area contributed by atoms with Crippen molar-refractivity contribution in [2.45, 2.75) is 0 Å². The van der Waals surface area contributed by atoms with Crippen LogP contribution in [0.2, 0.25) is 0 Å². The van der Waals surface area contributed by atoms with Gasteiger partial charge in [0.15, 0.2) is 0 Å². The highest BCUT2D eigenvalue weighted by atomic mass is 16.3. The van der Waals surface area contributed by atoms with Crippen LogP contribution in [0.25, 0.3) is 82.8 Å². The van der Waals surface area contributed by atoms with E-state index in [4.69, 9.17) is 4.42 Å². The molecule has 9 aromatic carbocycles. The summed E-state index contributed by atoms with van der Waals surface area (Å²) in [6.07, 6.45) is 0. The van der Waals surface area contributed by atoms with Crippen molar-refractivity contribution in [3.8, 4) is 39.1 Å². The van der Waals surface area contributed by atoms with Crippen molar-refractivity contribution in [2.24, 2.45) is 0 Å². The molecule has 0 spiro atoms. The van der Waals surface area contributed by atoms with Gasteiger partial charge in [-0.3, -0.25) is 0 Å². The lowest BCUT2D eigenvalue weighted by atomic mass is 9.98. The molecule has 0 fully saturated rings. The van der Waals surface area contributed by atoms with Crippen molar-refractivity contribution < 1.29 is 4.42 Å². The predicted octanol–water partition coefficient (Wildman–Crippen LogP) is 15.2. The van der Waals surface area contributed by atoms with Gasteiger partial charge in [0.05, 0.1) is 22.4 Å². The van der Waals surface area contributed by atoms with E-state index in [-0.39, 0.29) is 0 Å². The average Bonchev–Trinajstić information content (AvgIpc) is 3.83. The molecule has 3 heteroatoms. The van der Waals surface area contributed by atoms with Gasteiger partial charge in [-0.15, -0.1) is 0 Å². The van der Waals surface area contributed by atoms with Crippen molar-refractivity contribution in [1.82, 2.24) is 4.57 Å². The molecule has 0 unspecified atom stereocenters. The zero-order valence-corrected chi connectivity index (χ0v) is 31.1. The van der Waals surface area contributed by atoms with E-state index < -0.39 is 0 Å². The minimum Gasteiger partial charge on any atom is -0.456 e. The van der Waals surface area contributed by atoms with Crippen LogP contribution >= 0.6 is 0 Å². The number of aromatic nitrogens is 1. The van der Waals surface area contributed by atoms with Crippen molar-refractivity contribution in [3.63, 3.8) is 0 Å². The molecule has 57 heavy (non-hydrogen) atoms. The summed E-state index contributed by atoms with van der Waals surface area (Å²) in [5, 5.41) is 4.74. The molecule has 2 heterocycles. The monoisotopic (exact) mass is 728 g/mol. The number of anilines is 3. The molecule has 0 amide bonds. The lowest BCUT2D eigenvalue weighted by molar-refractivity contribution is 0.669. The molecule has 268 valence electrons. The molecule has 0 aliphatic rings. The van der Waals surface area contributed by atoms with Gasteiger partial charge in [-0.05, 0) is 82.9 Å². The molecule has 2 aromatic heterocycles. The lowest BCUT2D eigenvalue weighted by Crippen LogP contribution is -2.11. The van der Waals surface area contributed by atoms with Gasteiger partial charge in [0.1, 0.15) is 11.2 Å². The topological polar surface area (TPSA) is 21.3 Å². The third-order valence-electron chi connectivity index (χ3n) is 11.2. The summed E-state index contributed by atoms with van der Waals surface area (Å²) < 4.78 is 8.64. The Kier molecular flexibility index (Phi) is 7.82. The van der Waals surface area contributed by atoms with E-state index in [1.165, 1.54) is 49.7 Å². The molecule has 0 bridgehead atoms. The van der Waals surface area contributed by atoms with Gasteiger partial charge < -0.3 is 13.9 Å². The molecule has 0 aliphatic carbocycles. The van der Waals surface area contributed by atoms with E-state index >= 15 is 0 Å². The third-order valence-corrected chi connectivity index (χ3v) is 11.2. The van der Waals surface area contributed by atoms with Crippen molar-refractivity contribution in [3.05, 3.63) is 218 Å². The summed E-state index contributed by atoms with van der Waals surface area (Å²) in [6, 6.07) is 78.1. The van der Waals surface area contributed by atoms with Crippen molar-refractivity contribution in [2.75, 3.05) is 4.90 Å². The summed E-state index contributed by atoms with van der Waals surface area (Å²) in [5.74, 6) is 0. The highest BCUT2D eigenvalue weighted by Crippen LogP contribution is 2.43. The molecule has 0 N–H and O–H groups in total. The number of rotatable bonds is 7. The Morgan fingerprint density at radius 1 is 0.333 bits per heavy atom. The maximum atomic E-state index is 6.23. The average molecular weight is 729 g/mol. The van der Waals surface area contributed by atoms with Crippen LogP contribution < -0.4 is 4.90 Å². The number of hydrogen-bond acceptors (Lipinski definition) is 2. The zero-order chi connectivity index (χ0) is 37.7. The van der Waals surface area contributed by atoms with E-state index in [0.29, 0.717) is 0 Å². The van der Waals surface area contributed by atoms with Gasteiger partial charge >= 0.3 is 0 Å².